The van der Waals surface area contributed by atoms with Crippen molar-refractivity contribution in [3.8, 4) is 0 Å². The van der Waals surface area contributed by atoms with Crippen LogP contribution in [-0.4, -0.2) is 35.5 Å². The number of hydrogen-bond donors (Lipinski definition) is 2. The Morgan fingerprint density at radius 2 is 1.77 bits per heavy atom. The summed E-state index contributed by atoms with van der Waals surface area (Å²) in [7, 11) is 0. The van der Waals surface area contributed by atoms with E-state index >= 15 is 0 Å². The largest absolute Gasteiger partial charge is 0.320 e. The van der Waals surface area contributed by atoms with Gasteiger partial charge in [0.15, 0.2) is 0 Å². The second kappa shape index (κ2) is 11.9. The maximum Gasteiger partial charge on any atom is 0.256 e. The number of anilines is 2. The van der Waals surface area contributed by atoms with Gasteiger partial charge >= 0.3 is 0 Å². The van der Waals surface area contributed by atoms with E-state index in [0.29, 0.717) is 5.56 Å². The molecule has 0 saturated heterocycles. The third-order valence-corrected chi connectivity index (χ3v) is 5.37. The monoisotopic (exact) mass is 495 g/mol. The molecule has 2 N–H and O–H groups in total. The van der Waals surface area contributed by atoms with Crippen molar-refractivity contribution in [2.75, 3.05) is 18.1 Å². The first kappa shape index (κ1) is 27.9. The summed E-state index contributed by atoms with van der Waals surface area (Å²) in [5.41, 5.74) is 0.592. The van der Waals surface area contributed by atoms with Crippen LogP contribution in [0.4, 0.5) is 33.5 Å². The van der Waals surface area contributed by atoms with Crippen molar-refractivity contribution in [2.24, 2.45) is 5.41 Å². The van der Waals surface area contributed by atoms with Crippen LogP contribution in [0.15, 0.2) is 36.4 Å². The van der Waals surface area contributed by atoms with Crippen molar-refractivity contribution in [2.45, 2.75) is 47.0 Å². The number of fused-ring (bicyclic) bond motifs is 1. The molecule has 35 heavy (non-hydrogen) atoms. The van der Waals surface area contributed by atoms with Crippen molar-refractivity contribution in [3.05, 3.63) is 59.2 Å². The van der Waals surface area contributed by atoms with Crippen molar-refractivity contribution in [3.63, 3.8) is 0 Å². The van der Waals surface area contributed by atoms with Gasteiger partial charge in [-0.15, -0.1) is 0 Å². The van der Waals surface area contributed by atoms with E-state index in [4.69, 9.17) is 10.8 Å². The molecule has 5 nitrogen and oxygen atoms in total. The predicted octanol–water partition coefficient (Wildman–Crippen LogP) is 6.74. The van der Waals surface area contributed by atoms with Gasteiger partial charge in [0.2, 0.25) is 5.62 Å². The van der Waals surface area contributed by atoms with E-state index in [1.54, 1.807) is 6.92 Å². The minimum atomic E-state index is -2.79. The minimum Gasteiger partial charge on any atom is -0.320 e. The Morgan fingerprint density at radius 3 is 2.26 bits per heavy atom. The predicted molar refractivity (Wildman–Crippen MR) is 129 cm³/mol. The number of hydrogen-bond acceptors (Lipinski definition) is 4. The smallest absolute Gasteiger partial charge is 0.256 e. The molecule has 1 fully saturated rings. The second-order valence-corrected chi connectivity index (χ2v) is 8.35. The van der Waals surface area contributed by atoms with E-state index in [2.05, 4.69) is 4.98 Å². The Balaban J connectivity index is 0.000000463. The van der Waals surface area contributed by atoms with E-state index in [0.717, 1.165) is 46.8 Å². The van der Waals surface area contributed by atoms with E-state index in [9.17, 15) is 22.0 Å². The van der Waals surface area contributed by atoms with Crippen LogP contribution in [0.2, 0.25) is 0 Å². The highest BCUT2D eigenvalue weighted by atomic mass is 19.3. The molecule has 0 spiro atoms. The van der Waals surface area contributed by atoms with Crippen molar-refractivity contribution < 1.29 is 22.0 Å². The summed E-state index contributed by atoms with van der Waals surface area (Å²) in [6, 6.07) is 7.37. The van der Waals surface area contributed by atoms with Gasteiger partial charge in [-0.3, -0.25) is 19.8 Å². The zero-order valence-corrected chi connectivity index (χ0v) is 20.2. The number of halogens is 5. The first-order chi connectivity index (χ1) is 16.6. The Labute approximate surface area is 201 Å². The maximum absolute atomic E-state index is 13.9. The first-order valence-corrected chi connectivity index (χ1v) is 11.2. The number of benzene rings is 2. The van der Waals surface area contributed by atoms with Gasteiger partial charge in [0.05, 0.1) is 25.1 Å². The van der Waals surface area contributed by atoms with Gasteiger partial charge in [-0.05, 0) is 67.1 Å². The maximum atomic E-state index is 13.9. The average molecular weight is 496 g/mol. The first-order valence-electron chi connectivity index (χ1n) is 11.2. The van der Waals surface area contributed by atoms with Gasteiger partial charge in [-0.2, -0.15) is 4.98 Å². The summed E-state index contributed by atoms with van der Waals surface area (Å²) in [6.07, 6.45) is 0.235. The number of nitrogens with one attached hydrogen (secondary N) is 2. The molecule has 1 heterocycles. The summed E-state index contributed by atoms with van der Waals surface area (Å²) in [5.74, 6) is -1.36. The molecule has 3 aromatic rings. The average Bonchev–Trinajstić information content (AvgIpc) is 3.56. The summed E-state index contributed by atoms with van der Waals surface area (Å²) in [6.45, 7) is 6.65. The fourth-order valence-electron chi connectivity index (χ4n) is 3.23. The molecule has 190 valence electrons. The van der Waals surface area contributed by atoms with Crippen LogP contribution >= 0.6 is 0 Å². The number of nitrogens with zero attached hydrogens (tertiary/aromatic N) is 3. The second-order valence-electron chi connectivity index (χ2n) is 8.35. The van der Waals surface area contributed by atoms with E-state index in [-0.39, 0.29) is 34.5 Å². The lowest BCUT2D eigenvalue weighted by atomic mass is 10.1. The van der Waals surface area contributed by atoms with Gasteiger partial charge in [-0.25, -0.2) is 17.6 Å². The topological polar surface area (TPSA) is 68.8 Å². The van der Waals surface area contributed by atoms with Crippen LogP contribution in [0.25, 0.3) is 10.9 Å². The number of aryl methyl sites for hydroxylation is 1. The highest BCUT2D eigenvalue weighted by Crippen LogP contribution is 2.44. The summed E-state index contributed by atoms with van der Waals surface area (Å²) in [4.78, 5) is 5.03. The van der Waals surface area contributed by atoms with Crippen LogP contribution in [0.3, 0.4) is 0 Å². The van der Waals surface area contributed by atoms with Crippen molar-refractivity contribution >= 4 is 28.7 Å². The normalized spacial score (nSPS) is 13.4. The van der Waals surface area contributed by atoms with Gasteiger partial charge in [0.1, 0.15) is 17.5 Å². The molecule has 4 rings (SSSR count). The highest BCUT2D eigenvalue weighted by molar-refractivity contribution is 5.94. The van der Waals surface area contributed by atoms with Gasteiger partial charge < -0.3 is 4.90 Å². The zero-order valence-electron chi connectivity index (χ0n) is 20.2. The molecular formula is C25H30F5N5. The summed E-state index contributed by atoms with van der Waals surface area (Å²) in [5, 5.41) is 15.5. The lowest BCUT2D eigenvalue weighted by molar-refractivity contribution is 0.157. The molecule has 0 bridgehead atoms. The SMILES string of the molecule is CC.CC1(CF)CC1.Cc1cc(F)cc(N(CC(F)F)c2nc(=N)n(C=N)c3ccc(F)cc23)c1. The molecular weight excluding hydrogens is 465 g/mol. The third-order valence-electron chi connectivity index (χ3n) is 5.37. The molecule has 1 saturated carbocycles. The summed E-state index contributed by atoms with van der Waals surface area (Å²) >= 11 is 0. The number of aromatic nitrogens is 2. The Hall–Kier alpha value is -3.30. The van der Waals surface area contributed by atoms with Gasteiger partial charge in [0.25, 0.3) is 6.43 Å². The Kier molecular flexibility index (Phi) is 9.50. The standard InChI is InChI=1S/C18H15F4N5.C5H9F.C2H6/c1-10-4-12(20)6-13(5-10)26(8-16(21)22)17-14-7-11(19)2-3-15(14)27(9-23)18(24)25-17;1-5(4-6)2-3-5;1-2/h2-7,9,16,23-24H,8H2,1H3;2-4H2,1H3;1-2H3. The molecule has 1 aliphatic rings. The molecule has 1 aromatic heterocycles. The molecule has 0 unspecified atom stereocenters. The van der Waals surface area contributed by atoms with E-state index in [1.807, 2.05) is 20.8 Å². The van der Waals surface area contributed by atoms with Crippen LogP contribution in [0.5, 0.6) is 0 Å². The van der Waals surface area contributed by atoms with E-state index < -0.39 is 30.2 Å². The van der Waals surface area contributed by atoms with Crippen molar-refractivity contribution in [1.29, 1.82) is 10.8 Å². The van der Waals surface area contributed by atoms with Crippen molar-refractivity contribution in [1.82, 2.24) is 9.55 Å². The van der Waals surface area contributed by atoms with Crippen LogP contribution in [0, 0.1) is 34.8 Å². The number of rotatable bonds is 6. The Bertz CT molecular complexity index is 1200. The zero-order chi connectivity index (χ0) is 26.3. The molecule has 0 atom stereocenters. The molecule has 0 radical (unpaired) electrons. The quantitative estimate of drug-likeness (QED) is 0.226. The molecule has 0 aliphatic heterocycles. The fourth-order valence-corrected chi connectivity index (χ4v) is 3.23. The Morgan fingerprint density at radius 1 is 1.11 bits per heavy atom. The molecule has 10 heteroatoms. The summed E-state index contributed by atoms with van der Waals surface area (Å²) < 4.78 is 66.8. The lowest BCUT2D eigenvalue weighted by Gasteiger charge is -2.26. The lowest BCUT2D eigenvalue weighted by Crippen LogP contribution is -2.30. The van der Waals surface area contributed by atoms with Crippen LogP contribution < -0.4 is 10.5 Å². The van der Waals surface area contributed by atoms with Crippen LogP contribution in [0.1, 0.15) is 39.2 Å². The highest BCUT2D eigenvalue weighted by Gasteiger charge is 2.36. The molecule has 2 aromatic carbocycles. The molecule has 0 amide bonds. The van der Waals surface area contributed by atoms with E-state index in [1.165, 1.54) is 18.2 Å². The van der Waals surface area contributed by atoms with Crippen LogP contribution in [-0.2, 0) is 0 Å². The fraction of sp³-hybridized carbons (Fsp3) is 0.400. The number of alkyl halides is 3. The van der Waals surface area contributed by atoms with Gasteiger partial charge in [0, 0.05) is 11.1 Å². The minimum absolute atomic E-state index is 0.109. The molecule has 1 aliphatic carbocycles. The van der Waals surface area contributed by atoms with Gasteiger partial charge in [-0.1, -0.05) is 20.8 Å². The third kappa shape index (κ3) is 7.10.